The number of carbonyl (C=O) groups excluding carboxylic acids is 1. The van der Waals surface area contributed by atoms with Crippen molar-refractivity contribution in [2.24, 2.45) is 0 Å². The van der Waals surface area contributed by atoms with Crippen molar-refractivity contribution in [2.45, 2.75) is 58.6 Å². The van der Waals surface area contributed by atoms with Crippen molar-refractivity contribution < 1.29 is 14.6 Å². The van der Waals surface area contributed by atoms with Gasteiger partial charge in [0.15, 0.2) is 5.78 Å². The third-order valence-electron chi connectivity index (χ3n) is 4.77. The molecule has 2 aromatic rings. The van der Waals surface area contributed by atoms with Crippen molar-refractivity contribution in [3.63, 3.8) is 0 Å². The van der Waals surface area contributed by atoms with E-state index in [4.69, 9.17) is 4.74 Å². The lowest BCUT2D eigenvalue weighted by molar-refractivity contribution is 0.0931. The number of nitrogens with one attached hydrogen (secondary N) is 1. The second kappa shape index (κ2) is 10.0. The molecule has 0 spiro atoms. The van der Waals surface area contributed by atoms with E-state index in [-0.39, 0.29) is 17.9 Å². The molecule has 0 aliphatic heterocycles. The first kappa shape index (κ1) is 21.6. The molecule has 0 saturated heterocycles. The summed E-state index contributed by atoms with van der Waals surface area (Å²) >= 11 is 1.42. The number of ketones is 1. The maximum absolute atomic E-state index is 12.6. The number of β-amino-alcohol motifs (C(OH)–C–C–N with tert-alkyl or cyclic N) is 1. The average molecular weight is 390 g/mol. The van der Waals surface area contributed by atoms with Gasteiger partial charge in [-0.1, -0.05) is 37.3 Å². The Kier molecular flexibility index (Phi) is 8.02. The normalized spacial score (nSPS) is 12.8. The molecule has 1 aromatic heterocycles. The van der Waals surface area contributed by atoms with Crippen LogP contribution in [0.3, 0.4) is 0 Å². The molecule has 0 aliphatic rings. The Labute approximate surface area is 166 Å². The molecule has 1 heterocycles. The number of aryl methyl sites for hydroxylation is 2. The van der Waals surface area contributed by atoms with E-state index in [1.165, 1.54) is 11.3 Å². The van der Waals surface area contributed by atoms with Crippen molar-refractivity contribution in [2.75, 3.05) is 13.2 Å². The summed E-state index contributed by atoms with van der Waals surface area (Å²) in [4.78, 5) is 13.3. The summed E-state index contributed by atoms with van der Waals surface area (Å²) in [5.74, 6) is 0.707. The van der Waals surface area contributed by atoms with Crippen molar-refractivity contribution in [3.8, 4) is 5.75 Å². The lowest BCUT2D eigenvalue weighted by Gasteiger charge is -2.26. The Morgan fingerprint density at radius 2 is 2.00 bits per heavy atom. The van der Waals surface area contributed by atoms with Crippen LogP contribution in [0.4, 0.5) is 0 Å². The van der Waals surface area contributed by atoms with E-state index < -0.39 is 6.10 Å². The predicted molar refractivity (Wildman–Crippen MR) is 112 cm³/mol. The highest BCUT2D eigenvalue weighted by Gasteiger charge is 2.20. The molecule has 0 saturated carbocycles. The molecule has 27 heavy (non-hydrogen) atoms. The highest BCUT2D eigenvalue weighted by atomic mass is 32.1. The van der Waals surface area contributed by atoms with Gasteiger partial charge in [-0.05, 0) is 44.6 Å². The van der Waals surface area contributed by atoms with Crippen LogP contribution in [-0.2, 0) is 6.42 Å². The number of carbonyl (C=O) groups is 1. The molecule has 1 unspecified atom stereocenters. The van der Waals surface area contributed by atoms with Crippen molar-refractivity contribution in [3.05, 3.63) is 51.7 Å². The quantitative estimate of drug-likeness (QED) is 0.560. The van der Waals surface area contributed by atoms with Gasteiger partial charge >= 0.3 is 0 Å². The van der Waals surface area contributed by atoms with Gasteiger partial charge in [-0.15, -0.1) is 11.3 Å². The number of hydrogen-bond donors (Lipinski definition) is 2. The fourth-order valence-electron chi connectivity index (χ4n) is 2.58. The SMILES string of the molecule is CCC(C)(C)NCC(O)COc1c(C)csc1C(=O)CCc1ccccc1. The predicted octanol–water partition coefficient (Wildman–Crippen LogP) is 4.39. The van der Waals surface area contributed by atoms with E-state index in [1.54, 1.807) is 0 Å². The van der Waals surface area contributed by atoms with E-state index in [0.717, 1.165) is 17.5 Å². The van der Waals surface area contributed by atoms with Crippen LogP contribution in [0.2, 0.25) is 0 Å². The Hall–Kier alpha value is -1.69. The maximum Gasteiger partial charge on any atom is 0.176 e. The number of aliphatic hydroxyl groups is 1. The van der Waals surface area contributed by atoms with E-state index in [2.05, 4.69) is 26.1 Å². The average Bonchev–Trinajstić information content (AvgIpc) is 3.04. The number of Topliss-reactive ketones (excluding diaryl/α,β-unsaturated/α-hetero) is 1. The Bertz CT molecular complexity index is 724. The zero-order chi connectivity index (χ0) is 19.9. The molecule has 5 heteroatoms. The molecular formula is C22H31NO3S. The first-order valence-corrected chi connectivity index (χ1v) is 10.4. The molecule has 2 N–H and O–H groups in total. The van der Waals surface area contributed by atoms with Gasteiger partial charge in [0.05, 0.1) is 0 Å². The van der Waals surface area contributed by atoms with Gasteiger partial charge < -0.3 is 15.2 Å². The molecule has 1 atom stereocenters. The molecule has 0 amide bonds. The standard InChI is InChI=1S/C22H31NO3S/c1-5-22(3,4)23-13-18(24)14-26-20-16(2)15-27-21(20)19(25)12-11-17-9-7-6-8-10-17/h6-10,15,18,23-24H,5,11-14H2,1-4H3. The van der Waals surface area contributed by atoms with E-state index in [1.807, 2.05) is 42.6 Å². The van der Waals surface area contributed by atoms with Gasteiger partial charge in [-0.3, -0.25) is 4.79 Å². The fourth-order valence-corrected chi connectivity index (χ4v) is 3.54. The molecule has 148 valence electrons. The third kappa shape index (κ3) is 6.76. The highest BCUT2D eigenvalue weighted by molar-refractivity contribution is 7.12. The van der Waals surface area contributed by atoms with E-state index in [9.17, 15) is 9.90 Å². The molecule has 0 radical (unpaired) electrons. The number of thiophene rings is 1. The van der Waals surface area contributed by atoms with Crippen LogP contribution < -0.4 is 10.1 Å². The fraction of sp³-hybridized carbons (Fsp3) is 0.500. The summed E-state index contributed by atoms with van der Waals surface area (Å²) in [5, 5.41) is 15.5. The minimum absolute atomic E-state index is 0.0160. The summed E-state index contributed by atoms with van der Waals surface area (Å²) in [6.07, 6.45) is 1.52. The summed E-state index contributed by atoms with van der Waals surface area (Å²) in [5.41, 5.74) is 2.08. The van der Waals surface area contributed by atoms with Crippen LogP contribution in [-0.4, -0.2) is 35.7 Å². The lowest BCUT2D eigenvalue weighted by atomic mass is 10.0. The third-order valence-corrected chi connectivity index (χ3v) is 5.90. The van der Waals surface area contributed by atoms with Crippen LogP contribution in [0.25, 0.3) is 0 Å². The monoisotopic (exact) mass is 389 g/mol. The minimum atomic E-state index is -0.623. The molecule has 0 bridgehead atoms. The first-order valence-electron chi connectivity index (χ1n) is 9.53. The molecular weight excluding hydrogens is 358 g/mol. The zero-order valence-corrected chi connectivity index (χ0v) is 17.6. The summed E-state index contributed by atoms with van der Waals surface area (Å²) < 4.78 is 5.84. The molecule has 0 fully saturated rings. The summed E-state index contributed by atoms with van der Waals surface area (Å²) in [6, 6.07) is 10.0. The largest absolute Gasteiger partial charge is 0.489 e. The second-order valence-corrected chi connectivity index (χ2v) is 8.45. The van der Waals surface area contributed by atoms with Crippen LogP contribution in [0, 0.1) is 6.92 Å². The number of rotatable bonds is 11. The van der Waals surface area contributed by atoms with E-state index >= 15 is 0 Å². The summed E-state index contributed by atoms with van der Waals surface area (Å²) in [6.45, 7) is 8.88. The molecule has 0 aliphatic carbocycles. The molecule has 2 rings (SSSR count). The molecule has 1 aromatic carbocycles. The van der Waals surface area contributed by atoms with Gasteiger partial charge in [0.2, 0.25) is 0 Å². The highest BCUT2D eigenvalue weighted by Crippen LogP contribution is 2.31. The van der Waals surface area contributed by atoms with Gasteiger partial charge in [0.1, 0.15) is 23.3 Å². The second-order valence-electron chi connectivity index (χ2n) is 7.57. The Morgan fingerprint density at radius 1 is 1.30 bits per heavy atom. The lowest BCUT2D eigenvalue weighted by Crippen LogP contribution is -2.44. The van der Waals surface area contributed by atoms with Crippen molar-refractivity contribution in [1.29, 1.82) is 0 Å². The number of ether oxygens (including phenoxy) is 1. The Balaban J connectivity index is 1.90. The van der Waals surface area contributed by atoms with Gasteiger partial charge in [-0.2, -0.15) is 0 Å². The number of benzene rings is 1. The number of aliphatic hydroxyl groups excluding tert-OH is 1. The van der Waals surface area contributed by atoms with Gasteiger partial charge in [0, 0.05) is 24.1 Å². The molecule has 4 nitrogen and oxygen atoms in total. The smallest absolute Gasteiger partial charge is 0.176 e. The van der Waals surface area contributed by atoms with Crippen molar-refractivity contribution >= 4 is 17.1 Å². The van der Waals surface area contributed by atoms with E-state index in [0.29, 0.717) is 30.0 Å². The van der Waals surface area contributed by atoms with Crippen LogP contribution >= 0.6 is 11.3 Å². The first-order chi connectivity index (χ1) is 12.8. The maximum atomic E-state index is 12.6. The summed E-state index contributed by atoms with van der Waals surface area (Å²) in [7, 11) is 0. The number of hydrogen-bond acceptors (Lipinski definition) is 5. The Morgan fingerprint density at radius 3 is 2.67 bits per heavy atom. The van der Waals surface area contributed by atoms with Crippen LogP contribution in [0.1, 0.15) is 54.4 Å². The van der Waals surface area contributed by atoms with Crippen molar-refractivity contribution in [1.82, 2.24) is 5.32 Å². The minimum Gasteiger partial charge on any atom is -0.489 e. The van der Waals surface area contributed by atoms with Crippen LogP contribution in [0.5, 0.6) is 5.75 Å². The topological polar surface area (TPSA) is 58.6 Å². The van der Waals surface area contributed by atoms with Crippen LogP contribution in [0.15, 0.2) is 35.7 Å². The van der Waals surface area contributed by atoms with Gasteiger partial charge in [-0.25, -0.2) is 0 Å². The zero-order valence-electron chi connectivity index (χ0n) is 16.7. The van der Waals surface area contributed by atoms with Gasteiger partial charge in [0.25, 0.3) is 0 Å².